The SMILES string of the molecule is CS[P@](=O)(c1ccccc1)c1cccc2ccccc12. The van der Waals surface area contributed by atoms with E-state index in [2.05, 4.69) is 18.2 Å². The molecule has 0 bridgehead atoms. The first kappa shape index (κ1) is 13.5. The monoisotopic (exact) mass is 298 g/mol. The van der Waals surface area contributed by atoms with E-state index >= 15 is 0 Å². The van der Waals surface area contributed by atoms with Crippen molar-refractivity contribution in [2.45, 2.75) is 0 Å². The first-order chi connectivity index (χ1) is 9.75. The fraction of sp³-hybridized carbons (Fsp3) is 0.0588. The number of hydrogen-bond acceptors (Lipinski definition) is 2. The molecule has 1 nitrogen and oxygen atoms in total. The third-order valence-electron chi connectivity index (χ3n) is 3.44. The lowest BCUT2D eigenvalue weighted by atomic mass is 10.1. The summed E-state index contributed by atoms with van der Waals surface area (Å²) in [5.74, 6) is 0. The van der Waals surface area contributed by atoms with Crippen molar-refractivity contribution in [1.29, 1.82) is 0 Å². The zero-order valence-corrected chi connectivity index (χ0v) is 12.9. The van der Waals surface area contributed by atoms with E-state index < -0.39 is 6.34 Å². The van der Waals surface area contributed by atoms with Crippen LogP contribution in [0.4, 0.5) is 0 Å². The highest BCUT2D eigenvalue weighted by Crippen LogP contribution is 2.55. The number of rotatable bonds is 3. The summed E-state index contributed by atoms with van der Waals surface area (Å²) in [5, 5.41) is 4.06. The molecule has 3 rings (SSSR count). The van der Waals surface area contributed by atoms with Crippen molar-refractivity contribution < 1.29 is 4.57 Å². The normalized spacial score (nSPS) is 14.1. The second-order valence-electron chi connectivity index (χ2n) is 4.57. The maximum atomic E-state index is 13.6. The largest absolute Gasteiger partial charge is 0.302 e. The molecule has 0 N–H and O–H groups in total. The molecule has 3 aromatic rings. The molecule has 0 saturated carbocycles. The molecule has 0 fully saturated rings. The summed E-state index contributed by atoms with van der Waals surface area (Å²) in [6.45, 7) is 0. The van der Waals surface area contributed by atoms with E-state index in [0.29, 0.717) is 0 Å². The molecular weight excluding hydrogens is 283 g/mol. The fourth-order valence-corrected chi connectivity index (χ4v) is 6.55. The highest BCUT2D eigenvalue weighted by Gasteiger charge is 2.27. The molecule has 0 unspecified atom stereocenters. The van der Waals surface area contributed by atoms with Gasteiger partial charge in [0.05, 0.1) is 0 Å². The molecule has 100 valence electrons. The predicted molar refractivity (Wildman–Crippen MR) is 90.8 cm³/mol. The van der Waals surface area contributed by atoms with Crippen LogP contribution >= 0.6 is 17.7 Å². The van der Waals surface area contributed by atoms with E-state index in [9.17, 15) is 4.57 Å². The standard InChI is InChI=1S/C17H15OPS/c1-20-19(18,15-10-3-2-4-11-15)17-13-7-9-14-8-5-6-12-16(14)17/h2-13H,1H3/t19-/m1/s1. The molecule has 0 amide bonds. The summed E-state index contributed by atoms with van der Waals surface area (Å²) in [6, 6.07) is 23.9. The van der Waals surface area contributed by atoms with Gasteiger partial charge in [-0.3, -0.25) is 0 Å². The van der Waals surface area contributed by atoms with E-state index in [1.807, 2.05) is 60.9 Å². The zero-order chi connectivity index (χ0) is 14.0. The van der Waals surface area contributed by atoms with Crippen molar-refractivity contribution in [3.8, 4) is 0 Å². The summed E-state index contributed by atoms with van der Waals surface area (Å²) in [6.07, 6.45) is -0.708. The van der Waals surface area contributed by atoms with Crippen LogP contribution in [-0.2, 0) is 4.57 Å². The Labute approximate surface area is 123 Å². The van der Waals surface area contributed by atoms with Crippen LogP contribution in [0.3, 0.4) is 0 Å². The molecule has 20 heavy (non-hydrogen) atoms. The van der Waals surface area contributed by atoms with Crippen molar-refractivity contribution in [3.63, 3.8) is 0 Å². The van der Waals surface area contributed by atoms with Crippen molar-refractivity contribution in [3.05, 3.63) is 72.8 Å². The second-order valence-corrected chi connectivity index (χ2v) is 9.67. The Bertz CT molecular complexity index is 778. The third-order valence-corrected chi connectivity index (χ3v) is 8.72. The van der Waals surface area contributed by atoms with E-state index in [4.69, 9.17) is 0 Å². The Balaban J connectivity index is 2.30. The zero-order valence-electron chi connectivity index (χ0n) is 11.2. The topological polar surface area (TPSA) is 17.1 Å². The summed E-state index contributed by atoms with van der Waals surface area (Å²) in [5.41, 5.74) is 0. The molecule has 0 spiro atoms. The molecule has 0 radical (unpaired) electrons. The molecule has 0 aliphatic carbocycles. The maximum Gasteiger partial charge on any atom is 0.195 e. The lowest BCUT2D eigenvalue weighted by Gasteiger charge is -2.18. The number of hydrogen-bond donors (Lipinski definition) is 0. The van der Waals surface area contributed by atoms with Crippen LogP contribution in [0.5, 0.6) is 0 Å². The lowest BCUT2D eigenvalue weighted by molar-refractivity contribution is 0.596. The minimum absolute atomic E-state index is 0.906. The van der Waals surface area contributed by atoms with Crippen LogP contribution in [0.2, 0.25) is 0 Å². The van der Waals surface area contributed by atoms with Gasteiger partial charge in [0.15, 0.2) is 6.34 Å². The first-order valence-corrected chi connectivity index (χ1v) is 9.99. The number of benzene rings is 3. The summed E-state index contributed by atoms with van der Waals surface area (Å²) in [4.78, 5) is 0. The first-order valence-electron chi connectivity index (χ1n) is 6.45. The fourth-order valence-electron chi connectivity index (χ4n) is 2.43. The van der Waals surface area contributed by atoms with Crippen LogP contribution in [0.25, 0.3) is 10.8 Å². The highest BCUT2D eigenvalue weighted by molar-refractivity contribution is 8.62. The summed E-state index contributed by atoms with van der Waals surface area (Å²) in [7, 11) is 0. The molecule has 1 atom stereocenters. The van der Waals surface area contributed by atoms with Gasteiger partial charge >= 0.3 is 0 Å². The average molecular weight is 298 g/mol. The molecule has 0 saturated heterocycles. The van der Waals surface area contributed by atoms with Crippen LogP contribution in [0.1, 0.15) is 0 Å². The van der Waals surface area contributed by atoms with Crippen molar-refractivity contribution in [2.75, 3.05) is 6.26 Å². The Morgan fingerprint density at radius 1 is 0.800 bits per heavy atom. The van der Waals surface area contributed by atoms with Crippen molar-refractivity contribution >= 4 is 39.1 Å². The average Bonchev–Trinajstić information content (AvgIpc) is 2.54. The third kappa shape index (κ3) is 2.19. The lowest BCUT2D eigenvalue weighted by Crippen LogP contribution is -2.14. The van der Waals surface area contributed by atoms with Crippen LogP contribution in [0, 0.1) is 0 Å². The molecule has 0 aliphatic heterocycles. The van der Waals surface area contributed by atoms with Crippen molar-refractivity contribution in [2.24, 2.45) is 0 Å². The Hall–Kier alpha value is -1.50. The number of fused-ring (bicyclic) bond motifs is 1. The Morgan fingerprint density at radius 3 is 2.20 bits per heavy atom. The van der Waals surface area contributed by atoms with E-state index in [0.717, 1.165) is 21.4 Å². The van der Waals surface area contributed by atoms with E-state index in [1.165, 1.54) is 11.4 Å². The molecule has 0 aromatic heterocycles. The Morgan fingerprint density at radius 2 is 1.45 bits per heavy atom. The van der Waals surface area contributed by atoms with Gasteiger partial charge < -0.3 is 4.57 Å². The Kier molecular flexibility index (Phi) is 3.69. The summed E-state index contributed by atoms with van der Waals surface area (Å²) >= 11 is 1.45. The second kappa shape index (κ2) is 5.47. The molecule has 0 aliphatic rings. The van der Waals surface area contributed by atoms with Gasteiger partial charge in [-0.15, -0.1) is 0 Å². The van der Waals surface area contributed by atoms with Crippen LogP contribution < -0.4 is 10.6 Å². The van der Waals surface area contributed by atoms with Gasteiger partial charge in [-0.2, -0.15) is 0 Å². The van der Waals surface area contributed by atoms with E-state index in [1.54, 1.807) is 0 Å². The van der Waals surface area contributed by atoms with Crippen molar-refractivity contribution in [1.82, 2.24) is 0 Å². The van der Waals surface area contributed by atoms with Gasteiger partial charge in [0.2, 0.25) is 0 Å². The highest BCUT2D eigenvalue weighted by atomic mass is 32.7. The minimum Gasteiger partial charge on any atom is -0.302 e. The summed E-state index contributed by atoms with van der Waals surface area (Å²) < 4.78 is 13.6. The quantitative estimate of drug-likeness (QED) is 0.665. The van der Waals surface area contributed by atoms with E-state index in [-0.39, 0.29) is 0 Å². The van der Waals surface area contributed by atoms with Gasteiger partial charge in [-0.25, -0.2) is 0 Å². The molecule has 3 heteroatoms. The maximum absolute atomic E-state index is 13.6. The van der Waals surface area contributed by atoms with Crippen LogP contribution in [-0.4, -0.2) is 6.26 Å². The smallest absolute Gasteiger partial charge is 0.195 e. The molecule has 3 aromatic carbocycles. The van der Waals surface area contributed by atoms with Gasteiger partial charge in [-0.1, -0.05) is 78.1 Å². The molecule has 0 heterocycles. The predicted octanol–water partition coefficient (Wildman–Crippen LogP) is 4.43. The van der Waals surface area contributed by atoms with Crippen LogP contribution in [0.15, 0.2) is 72.8 Å². The van der Waals surface area contributed by atoms with Gasteiger partial charge in [0.25, 0.3) is 0 Å². The van der Waals surface area contributed by atoms with Gasteiger partial charge in [-0.05, 0) is 23.1 Å². The van der Waals surface area contributed by atoms with Gasteiger partial charge in [0, 0.05) is 10.6 Å². The van der Waals surface area contributed by atoms with Gasteiger partial charge in [0.1, 0.15) is 0 Å². The molecular formula is C17H15OPS. The minimum atomic E-state index is -2.63.